The van der Waals surface area contributed by atoms with Crippen LogP contribution < -0.4 is 39.5 Å². The molecule has 9 heterocycles. The fourth-order valence-electron chi connectivity index (χ4n) is 9.03. The molecule has 4 fully saturated rings. The van der Waals surface area contributed by atoms with Crippen molar-refractivity contribution >= 4 is 106 Å². The molecule has 38 heteroatoms. The number of rotatable bonds is 20. The normalized spacial score (nSPS) is 29.7. The number of aromatic nitrogens is 10. The lowest BCUT2D eigenvalue weighted by Gasteiger charge is -2.29. The fourth-order valence-corrected chi connectivity index (χ4v) is 15.1. The van der Waals surface area contributed by atoms with Gasteiger partial charge < -0.3 is 62.0 Å². The number of imidazole rings is 1. The summed E-state index contributed by atoms with van der Waals surface area (Å²) in [5.41, 5.74) is -7.45. The fraction of sp³-hybridized carbons (Fsp3) is 0.575. The van der Waals surface area contributed by atoms with Crippen LogP contribution in [0.5, 0.6) is 0 Å². The average Bonchev–Trinajstić information content (AvgIpc) is 4.23. The molecule has 4 aliphatic rings. The number of ether oxygens (including phenoxy) is 4. The quantitative estimate of drug-likeness (QED) is 0.0390. The maximum atomic E-state index is 13.1. The van der Waals surface area contributed by atoms with Gasteiger partial charge in [0, 0.05) is 61.0 Å². The zero-order valence-corrected chi connectivity index (χ0v) is 48.8. The van der Waals surface area contributed by atoms with E-state index < -0.39 is 138 Å². The summed E-state index contributed by atoms with van der Waals surface area (Å²) < 4.78 is 67.0. The van der Waals surface area contributed by atoms with Gasteiger partial charge in [0.2, 0.25) is 17.1 Å². The molecule has 4 saturated heterocycles. The van der Waals surface area contributed by atoms with Crippen LogP contribution in [0.2, 0.25) is 0 Å². The molecule has 426 valence electrons. The Morgan fingerprint density at radius 2 is 0.974 bits per heavy atom. The van der Waals surface area contributed by atoms with Crippen molar-refractivity contribution in [2.45, 2.75) is 120 Å². The van der Waals surface area contributed by atoms with Gasteiger partial charge in [0.25, 0.3) is 16.7 Å². The third-order valence-corrected chi connectivity index (χ3v) is 19.7. The Morgan fingerprint density at radius 3 is 1.41 bits per heavy atom. The Kier molecular flexibility index (Phi) is 18.3. The molecule has 7 N–H and O–H groups in total. The third kappa shape index (κ3) is 13.5. The predicted molar refractivity (Wildman–Crippen MR) is 297 cm³/mol. The van der Waals surface area contributed by atoms with E-state index in [9.17, 15) is 39.0 Å². The van der Waals surface area contributed by atoms with Crippen molar-refractivity contribution in [3.05, 3.63) is 110 Å². The molecule has 0 bridgehead atoms. The lowest BCUT2D eigenvalue weighted by Crippen LogP contribution is -2.33. The van der Waals surface area contributed by atoms with Crippen LogP contribution in [0.25, 0.3) is 11.2 Å². The number of aromatic amines is 3. The molecule has 15 atom stereocenters. The minimum absolute atomic E-state index is 0.0204. The van der Waals surface area contributed by atoms with Gasteiger partial charge in [0.15, 0.2) is 11.5 Å². The number of nitrogens with one attached hydrogen (secondary N) is 3. The van der Waals surface area contributed by atoms with Gasteiger partial charge in [-0.3, -0.25) is 47.6 Å². The first-order valence-corrected chi connectivity index (χ1v) is 34.9. The van der Waals surface area contributed by atoms with E-state index in [4.69, 9.17) is 87.2 Å². The van der Waals surface area contributed by atoms with Crippen molar-refractivity contribution in [2.75, 3.05) is 32.2 Å². The SMILES string of the molecule is Cc1cn([C@H]2C[C@H](OP(=S)(S)OC[C@H]3O[C@@H](n4cc(C)c(=O)[nH]c4=O)C[C@@H]3O)[C@@H](COP(=S)(S)O[C@H]3C[C@H](n4cc(C)c(=O)[nH]c4=O)O[C@@H]3COP(=S)(S)O[C@H]3C[C@H](n4cnc5c(N)ncnc54)O[C@@H]3CO)O2)c(=O)[nH]c1=O. The van der Waals surface area contributed by atoms with Crippen LogP contribution in [0.3, 0.4) is 0 Å². The standard InChI is InChI=1S/C40H52N11O18P3S6/c1-17-8-48(38(57)45-35(17)54)28-4-20(53)25(64-28)12-60-70(73,74)68-22-6-29(49-9-18(2)36(55)46-39(49)58)66-27(22)14-62-72(77,78)69-23-7-30(50-10-19(3)37(56)47-40(50)59)65-26(23)13-61-71(75,76)67-21-5-31(63-24(21)11-52)51-16-44-32-33(41)42-15-43-34(32)51/h8-10,15-16,20-31,52-53H,4-7,11-14H2,1-3H3,(H,73,74)(H,75,76)(H,77,78)(H2,41,42,43)(H,45,54,57)(H,46,55,58)(H,47,56,59)/t20-,21-,22-,23-,24+,25+,26+,27+,28+,29+,30+,31+/m0/s1. The largest absolute Gasteiger partial charge is 0.394 e. The molecular weight excluding hydrogens is 1210 g/mol. The molecule has 0 aromatic carbocycles. The van der Waals surface area contributed by atoms with E-state index in [1.807, 2.05) is 0 Å². The second-order valence-corrected chi connectivity index (χ2v) is 34.2. The maximum Gasteiger partial charge on any atom is 0.330 e. The number of fused-ring (bicyclic) bond motifs is 1. The highest BCUT2D eigenvalue weighted by atomic mass is 32.9. The van der Waals surface area contributed by atoms with Gasteiger partial charge in [-0.25, -0.2) is 29.3 Å². The van der Waals surface area contributed by atoms with Crippen molar-refractivity contribution in [1.29, 1.82) is 0 Å². The number of hydrogen-bond donors (Lipinski definition) is 9. The average molecular weight is 1260 g/mol. The molecule has 3 unspecified atom stereocenters. The number of nitrogens with two attached hydrogens (primary N) is 1. The Morgan fingerprint density at radius 1 is 0.603 bits per heavy atom. The van der Waals surface area contributed by atoms with Crippen molar-refractivity contribution in [1.82, 2.24) is 48.2 Å². The lowest BCUT2D eigenvalue weighted by atomic mass is 10.2. The zero-order chi connectivity index (χ0) is 56.2. The summed E-state index contributed by atoms with van der Waals surface area (Å²) in [5, 5.41) is 21.2. The Hall–Kier alpha value is -3.09. The summed E-state index contributed by atoms with van der Waals surface area (Å²) in [6.07, 6.45) is -4.99. The molecular formula is C40H52N11O18P3S6. The van der Waals surface area contributed by atoms with E-state index in [0.29, 0.717) is 11.2 Å². The molecule has 4 aliphatic heterocycles. The molecule has 0 spiro atoms. The van der Waals surface area contributed by atoms with Crippen LogP contribution in [-0.2, 0) is 81.5 Å². The third-order valence-electron chi connectivity index (χ3n) is 13.0. The number of nitrogens with zero attached hydrogens (tertiary/aromatic N) is 7. The highest BCUT2D eigenvalue weighted by molar-refractivity contribution is 8.60. The van der Waals surface area contributed by atoms with Crippen LogP contribution >= 0.6 is 53.8 Å². The van der Waals surface area contributed by atoms with Gasteiger partial charge in [-0.1, -0.05) is 36.7 Å². The van der Waals surface area contributed by atoms with Gasteiger partial charge in [-0.2, -0.15) is 0 Å². The Bertz CT molecular complexity index is 3600. The van der Waals surface area contributed by atoms with E-state index in [2.05, 4.69) is 66.6 Å². The minimum atomic E-state index is -3.70. The van der Waals surface area contributed by atoms with Crippen LogP contribution in [0, 0.1) is 20.8 Å². The Balaban J connectivity index is 0.886. The lowest BCUT2D eigenvalue weighted by molar-refractivity contribution is -0.0493. The van der Waals surface area contributed by atoms with E-state index in [0.717, 1.165) is 9.13 Å². The summed E-state index contributed by atoms with van der Waals surface area (Å²) in [6, 6.07) is 0. The summed E-state index contributed by atoms with van der Waals surface area (Å²) in [6.45, 7) is 3.00. The topological polar surface area (TPSA) is 367 Å². The van der Waals surface area contributed by atoms with Crippen molar-refractivity contribution < 1.29 is 56.3 Å². The molecule has 0 amide bonds. The molecule has 29 nitrogen and oxygen atoms in total. The number of aliphatic hydroxyl groups is 2. The molecule has 0 saturated carbocycles. The minimum Gasteiger partial charge on any atom is -0.394 e. The van der Waals surface area contributed by atoms with Crippen molar-refractivity contribution in [3.63, 3.8) is 0 Å². The van der Waals surface area contributed by atoms with Gasteiger partial charge in [-0.05, 0) is 56.2 Å². The number of anilines is 1. The maximum absolute atomic E-state index is 13.1. The number of H-pyrrole nitrogens is 3. The number of thiol groups is 3. The zero-order valence-electron chi connectivity index (χ0n) is 41.0. The van der Waals surface area contributed by atoms with Crippen LogP contribution in [0.4, 0.5) is 5.82 Å². The molecule has 5 aromatic rings. The second-order valence-electron chi connectivity index (χ2n) is 18.5. The van der Waals surface area contributed by atoms with Gasteiger partial charge in [0.1, 0.15) is 61.2 Å². The first-order valence-electron chi connectivity index (χ1n) is 23.5. The first kappa shape index (κ1) is 59.5. The summed E-state index contributed by atoms with van der Waals surface area (Å²) >= 11 is 31.1. The number of nitrogen functional groups attached to an aromatic ring is 1. The van der Waals surface area contributed by atoms with Gasteiger partial charge >= 0.3 is 17.1 Å². The number of hydrogen-bond acceptors (Lipinski definition) is 25. The molecule has 9 rings (SSSR count). The molecule has 5 aromatic heterocycles. The van der Waals surface area contributed by atoms with Crippen LogP contribution in [0.1, 0.15) is 67.3 Å². The van der Waals surface area contributed by atoms with Crippen LogP contribution in [-0.4, -0.2) is 134 Å². The smallest absolute Gasteiger partial charge is 0.330 e. The Labute approximate surface area is 470 Å². The molecule has 0 radical (unpaired) electrons. The van der Waals surface area contributed by atoms with E-state index in [1.165, 1.54) is 56.6 Å². The monoisotopic (exact) mass is 1260 g/mol. The highest BCUT2D eigenvalue weighted by Crippen LogP contribution is 2.60. The van der Waals surface area contributed by atoms with Crippen molar-refractivity contribution in [3.8, 4) is 0 Å². The summed E-state index contributed by atoms with van der Waals surface area (Å²) in [5.74, 6) is 0.170. The highest BCUT2D eigenvalue weighted by Gasteiger charge is 2.46. The van der Waals surface area contributed by atoms with Crippen LogP contribution in [0.15, 0.2) is 60.0 Å². The summed E-state index contributed by atoms with van der Waals surface area (Å²) in [7, 11) is 0. The molecule has 78 heavy (non-hydrogen) atoms. The summed E-state index contributed by atoms with van der Waals surface area (Å²) in [4.78, 5) is 94.6. The van der Waals surface area contributed by atoms with Gasteiger partial charge in [-0.15, -0.1) is 0 Å². The van der Waals surface area contributed by atoms with E-state index >= 15 is 0 Å². The molecule has 0 aliphatic carbocycles. The predicted octanol–water partition coefficient (Wildman–Crippen LogP) is 1.16. The number of aryl methyl sites for hydroxylation is 3. The van der Waals surface area contributed by atoms with E-state index in [1.54, 1.807) is 4.57 Å². The second kappa shape index (κ2) is 24.0. The van der Waals surface area contributed by atoms with E-state index in [-0.39, 0.29) is 61.4 Å². The van der Waals surface area contributed by atoms with Gasteiger partial charge in [0.05, 0.1) is 57.2 Å². The number of aliphatic hydroxyl groups excluding tert-OH is 2. The first-order chi connectivity index (χ1) is 36.8. The van der Waals surface area contributed by atoms with Crippen molar-refractivity contribution in [2.24, 2.45) is 0 Å².